The highest BCUT2D eigenvalue weighted by Gasteiger charge is 2.17. The van der Waals surface area contributed by atoms with Crippen molar-refractivity contribution in [2.75, 3.05) is 5.75 Å². The minimum atomic E-state index is -0.0589. The number of fused-ring (bicyclic) bond motifs is 3. The number of carbonyl (C=O) groups excluding carboxylic acids is 1. The van der Waals surface area contributed by atoms with E-state index in [2.05, 4.69) is 33.1 Å². The molecule has 2 heterocycles. The summed E-state index contributed by atoms with van der Waals surface area (Å²) in [6, 6.07) is 14.7. The summed E-state index contributed by atoms with van der Waals surface area (Å²) in [4.78, 5) is 25.5. The zero-order valence-electron chi connectivity index (χ0n) is 15.8. The molecule has 0 amide bonds. The van der Waals surface area contributed by atoms with Gasteiger partial charge in [-0.3, -0.25) is 18.6 Å². The standard InChI is InChI=1S/C21H19BrN4O2S/c1-2-3-12-25-19(28)16-6-4-5-7-17(16)26-20(25)23-24-21(26)29-13-18(27)14-8-10-15(22)11-9-14/h4-11H,2-3,12-13H2,1H3. The maximum atomic E-state index is 13.0. The second-order valence-electron chi connectivity index (χ2n) is 6.66. The number of rotatable bonds is 7. The second kappa shape index (κ2) is 8.51. The second-order valence-corrected chi connectivity index (χ2v) is 8.52. The van der Waals surface area contributed by atoms with Gasteiger partial charge in [0, 0.05) is 16.6 Å². The molecule has 0 saturated heterocycles. The Hall–Kier alpha value is -2.45. The number of hydrogen-bond donors (Lipinski definition) is 0. The molecule has 8 heteroatoms. The van der Waals surface area contributed by atoms with Crippen molar-refractivity contribution in [2.24, 2.45) is 0 Å². The van der Waals surface area contributed by atoms with Gasteiger partial charge in [0.1, 0.15) is 0 Å². The van der Waals surface area contributed by atoms with Crippen LogP contribution in [0.5, 0.6) is 0 Å². The molecule has 4 aromatic rings. The summed E-state index contributed by atoms with van der Waals surface area (Å²) in [5.74, 6) is 0.772. The van der Waals surface area contributed by atoms with Crippen molar-refractivity contribution in [2.45, 2.75) is 31.5 Å². The van der Waals surface area contributed by atoms with E-state index in [0.29, 0.717) is 28.4 Å². The van der Waals surface area contributed by atoms with Crippen LogP contribution >= 0.6 is 27.7 Å². The average Bonchev–Trinajstić information content (AvgIpc) is 3.16. The molecule has 0 aliphatic rings. The van der Waals surface area contributed by atoms with Crippen molar-refractivity contribution in [3.05, 3.63) is 68.9 Å². The van der Waals surface area contributed by atoms with E-state index in [1.54, 1.807) is 16.7 Å². The van der Waals surface area contributed by atoms with Crippen molar-refractivity contribution in [3.63, 3.8) is 0 Å². The lowest BCUT2D eigenvalue weighted by Gasteiger charge is -2.10. The Morgan fingerprint density at radius 1 is 1.10 bits per heavy atom. The molecule has 0 radical (unpaired) electrons. The van der Waals surface area contributed by atoms with Crippen molar-refractivity contribution in [1.29, 1.82) is 0 Å². The number of carbonyl (C=O) groups is 1. The summed E-state index contributed by atoms with van der Waals surface area (Å²) in [5, 5.41) is 9.80. The summed E-state index contributed by atoms with van der Waals surface area (Å²) in [5.41, 5.74) is 1.35. The lowest BCUT2D eigenvalue weighted by molar-refractivity contribution is 0.102. The molecule has 0 unspecified atom stereocenters. The zero-order chi connectivity index (χ0) is 20.4. The first-order valence-corrected chi connectivity index (χ1v) is 11.2. The van der Waals surface area contributed by atoms with E-state index in [4.69, 9.17) is 0 Å². The number of para-hydroxylation sites is 1. The van der Waals surface area contributed by atoms with Crippen LogP contribution in [0, 0.1) is 0 Å². The predicted octanol–water partition coefficient (Wildman–Crippen LogP) is 4.58. The van der Waals surface area contributed by atoms with Crippen molar-refractivity contribution >= 4 is 50.2 Å². The van der Waals surface area contributed by atoms with Gasteiger partial charge < -0.3 is 0 Å². The lowest BCUT2D eigenvalue weighted by Crippen LogP contribution is -2.23. The Labute approximate surface area is 180 Å². The third-order valence-corrected chi connectivity index (χ3v) is 6.17. The number of ketones is 1. The van der Waals surface area contributed by atoms with Crippen molar-refractivity contribution in [1.82, 2.24) is 19.2 Å². The van der Waals surface area contributed by atoms with Gasteiger partial charge in [-0.2, -0.15) is 0 Å². The number of nitrogens with zero attached hydrogens (tertiary/aromatic N) is 4. The molecule has 0 spiro atoms. The SMILES string of the molecule is CCCCn1c(=O)c2ccccc2n2c(SCC(=O)c3ccc(Br)cc3)nnc12. The summed E-state index contributed by atoms with van der Waals surface area (Å²) >= 11 is 4.71. The lowest BCUT2D eigenvalue weighted by atomic mass is 10.2. The molecule has 2 aromatic carbocycles. The number of aromatic nitrogens is 4. The molecule has 0 saturated carbocycles. The fourth-order valence-electron chi connectivity index (χ4n) is 3.19. The van der Waals surface area contributed by atoms with E-state index < -0.39 is 0 Å². The van der Waals surface area contributed by atoms with Crippen molar-refractivity contribution < 1.29 is 4.79 Å². The number of halogens is 1. The molecule has 0 fully saturated rings. The van der Waals surface area contributed by atoms with Gasteiger partial charge in [-0.05, 0) is 30.7 Å². The topological polar surface area (TPSA) is 69.3 Å². The molecular formula is C21H19BrN4O2S. The van der Waals surface area contributed by atoms with Gasteiger partial charge >= 0.3 is 0 Å². The Morgan fingerprint density at radius 3 is 2.62 bits per heavy atom. The molecule has 0 N–H and O–H groups in total. The van der Waals surface area contributed by atoms with Gasteiger partial charge in [0.2, 0.25) is 5.78 Å². The van der Waals surface area contributed by atoms with Crippen LogP contribution in [-0.4, -0.2) is 30.7 Å². The summed E-state index contributed by atoms with van der Waals surface area (Å²) in [6.45, 7) is 2.67. The first-order chi connectivity index (χ1) is 14.1. The Morgan fingerprint density at radius 2 is 1.86 bits per heavy atom. The molecule has 148 valence electrons. The minimum Gasteiger partial charge on any atom is -0.293 e. The average molecular weight is 471 g/mol. The molecule has 0 aliphatic carbocycles. The van der Waals surface area contributed by atoms with Crippen LogP contribution in [0.3, 0.4) is 0 Å². The highest BCUT2D eigenvalue weighted by molar-refractivity contribution is 9.10. The molecule has 4 rings (SSSR count). The largest absolute Gasteiger partial charge is 0.293 e. The van der Waals surface area contributed by atoms with Crippen LogP contribution in [0.4, 0.5) is 0 Å². The van der Waals surface area contributed by atoms with E-state index in [0.717, 1.165) is 22.8 Å². The fourth-order valence-corrected chi connectivity index (χ4v) is 4.29. The van der Waals surface area contributed by atoms with Crippen LogP contribution in [0.15, 0.2) is 63.0 Å². The Bertz CT molecular complexity index is 1250. The highest BCUT2D eigenvalue weighted by atomic mass is 79.9. The van der Waals surface area contributed by atoms with Crippen LogP contribution in [0.1, 0.15) is 30.1 Å². The zero-order valence-corrected chi connectivity index (χ0v) is 18.2. The minimum absolute atomic E-state index is 0.0165. The number of thioether (sulfide) groups is 1. The first kappa shape index (κ1) is 19.8. The van der Waals surface area contributed by atoms with E-state index in [9.17, 15) is 9.59 Å². The third kappa shape index (κ3) is 3.86. The normalized spacial score (nSPS) is 11.4. The Kier molecular flexibility index (Phi) is 5.82. The smallest absolute Gasteiger partial charge is 0.262 e. The number of unbranched alkanes of at least 4 members (excludes halogenated alkanes) is 1. The number of benzene rings is 2. The molecule has 0 atom stereocenters. The molecule has 29 heavy (non-hydrogen) atoms. The van der Waals surface area contributed by atoms with E-state index >= 15 is 0 Å². The number of Topliss-reactive ketones (excluding diaryl/α,β-unsaturated/α-hetero) is 1. The molecule has 2 aromatic heterocycles. The fraction of sp³-hybridized carbons (Fsp3) is 0.238. The van der Waals surface area contributed by atoms with Crippen LogP contribution in [0.2, 0.25) is 0 Å². The van der Waals surface area contributed by atoms with Gasteiger partial charge in [0.25, 0.3) is 5.56 Å². The highest BCUT2D eigenvalue weighted by Crippen LogP contribution is 2.23. The van der Waals surface area contributed by atoms with E-state index in [-0.39, 0.29) is 17.1 Å². The van der Waals surface area contributed by atoms with Gasteiger partial charge in [0.15, 0.2) is 10.9 Å². The molecular weight excluding hydrogens is 452 g/mol. The quantitative estimate of drug-likeness (QED) is 0.292. The maximum Gasteiger partial charge on any atom is 0.262 e. The van der Waals surface area contributed by atoms with Gasteiger partial charge in [0.05, 0.1) is 16.7 Å². The monoisotopic (exact) mass is 470 g/mol. The van der Waals surface area contributed by atoms with Crippen LogP contribution < -0.4 is 5.56 Å². The van der Waals surface area contributed by atoms with Crippen molar-refractivity contribution in [3.8, 4) is 0 Å². The van der Waals surface area contributed by atoms with Gasteiger partial charge in [-0.15, -0.1) is 10.2 Å². The summed E-state index contributed by atoms with van der Waals surface area (Å²) < 4.78 is 4.49. The summed E-state index contributed by atoms with van der Waals surface area (Å²) in [7, 11) is 0. The van der Waals surface area contributed by atoms with E-state index in [1.807, 2.05) is 40.8 Å². The first-order valence-electron chi connectivity index (χ1n) is 9.38. The van der Waals surface area contributed by atoms with Crippen LogP contribution in [0.25, 0.3) is 16.7 Å². The molecule has 0 bridgehead atoms. The van der Waals surface area contributed by atoms with E-state index in [1.165, 1.54) is 11.8 Å². The van der Waals surface area contributed by atoms with Gasteiger partial charge in [-0.1, -0.05) is 65.3 Å². The number of aryl methyl sites for hydroxylation is 1. The Balaban J connectivity index is 1.74. The maximum absolute atomic E-state index is 13.0. The summed E-state index contributed by atoms with van der Waals surface area (Å²) in [6.07, 6.45) is 1.86. The predicted molar refractivity (Wildman–Crippen MR) is 119 cm³/mol. The van der Waals surface area contributed by atoms with Gasteiger partial charge in [-0.25, -0.2) is 0 Å². The molecule has 0 aliphatic heterocycles. The van der Waals surface area contributed by atoms with Crippen LogP contribution in [-0.2, 0) is 6.54 Å². The number of hydrogen-bond acceptors (Lipinski definition) is 5. The molecule has 6 nitrogen and oxygen atoms in total. The third-order valence-electron chi connectivity index (χ3n) is 4.71.